The monoisotopic (exact) mass is 340 g/mol. The van der Waals surface area contributed by atoms with Crippen molar-refractivity contribution in [1.29, 1.82) is 0 Å². The number of rotatable bonds is 3. The van der Waals surface area contributed by atoms with Crippen LogP contribution in [0.3, 0.4) is 0 Å². The number of carbonyl (C=O) groups excluding carboxylic acids is 1. The van der Waals surface area contributed by atoms with Crippen LogP contribution in [-0.2, 0) is 7.05 Å². The summed E-state index contributed by atoms with van der Waals surface area (Å²) in [6.45, 7) is 1.52. The number of carbonyl (C=O) groups is 1. The molecule has 1 saturated heterocycles. The SMILES string of the molecule is Cn1ccnc1C(=O)N1CC(c2nc(C3CC3)n[nH]2)C2(CCCC2)C1. The van der Waals surface area contributed by atoms with E-state index < -0.39 is 0 Å². The molecular weight excluding hydrogens is 316 g/mol. The van der Waals surface area contributed by atoms with Crippen molar-refractivity contribution in [2.75, 3.05) is 13.1 Å². The molecule has 3 heterocycles. The zero-order chi connectivity index (χ0) is 17.0. The lowest BCUT2D eigenvalue weighted by atomic mass is 9.76. The molecule has 0 bridgehead atoms. The third kappa shape index (κ3) is 2.40. The number of aromatic amines is 1. The third-order valence-electron chi connectivity index (χ3n) is 6.34. The first-order chi connectivity index (χ1) is 12.2. The lowest BCUT2D eigenvalue weighted by molar-refractivity contribution is 0.0757. The second-order valence-corrected chi connectivity index (χ2v) is 8.02. The summed E-state index contributed by atoms with van der Waals surface area (Å²) in [7, 11) is 1.87. The van der Waals surface area contributed by atoms with Crippen molar-refractivity contribution in [3.8, 4) is 0 Å². The minimum absolute atomic E-state index is 0.0307. The van der Waals surface area contributed by atoms with Crippen LogP contribution in [0, 0.1) is 5.41 Å². The highest BCUT2D eigenvalue weighted by atomic mass is 16.2. The van der Waals surface area contributed by atoms with Crippen LogP contribution < -0.4 is 0 Å². The molecule has 0 radical (unpaired) electrons. The predicted octanol–water partition coefficient (Wildman–Crippen LogP) is 2.22. The fraction of sp³-hybridized carbons (Fsp3) is 0.667. The van der Waals surface area contributed by atoms with E-state index in [-0.39, 0.29) is 17.2 Å². The molecule has 1 unspecified atom stereocenters. The van der Waals surface area contributed by atoms with Gasteiger partial charge in [-0.25, -0.2) is 9.97 Å². The van der Waals surface area contributed by atoms with Gasteiger partial charge in [-0.2, -0.15) is 5.10 Å². The summed E-state index contributed by atoms with van der Waals surface area (Å²) < 4.78 is 1.80. The molecule has 7 heteroatoms. The van der Waals surface area contributed by atoms with Gasteiger partial charge in [0.2, 0.25) is 0 Å². The van der Waals surface area contributed by atoms with E-state index in [4.69, 9.17) is 4.98 Å². The van der Waals surface area contributed by atoms with Gasteiger partial charge in [0, 0.05) is 44.4 Å². The van der Waals surface area contributed by atoms with E-state index in [1.165, 1.54) is 38.5 Å². The van der Waals surface area contributed by atoms with Gasteiger partial charge in [0.15, 0.2) is 11.6 Å². The van der Waals surface area contributed by atoms with Crippen LogP contribution in [0.5, 0.6) is 0 Å². The molecule has 7 nitrogen and oxygen atoms in total. The van der Waals surface area contributed by atoms with Gasteiger partial charge in [0.25, 0.3) is 5.91 Å². The van der Waals surface area contributed by atoms with Gasteiger partial charge >= 0.3 is 0 Å². The molecule has 0 aromatic carbocycles. The Balaban J connectivity index is 1.45. The van der Waals surface area contributed by atoms with E-state index in [9.17, 15) is 4.79 Å². The number of nitrogens with one attached hydrogen (secondary N) is 1. The van der Waals surface area contributed by atoms with Crippen LogP contribution in [0.1, 0.15) is 72.6 Å². The Morgan fingerprint density at radius 3 is 2.80 bits per heavy atom. The molecule has 132 valence electrons. The van der Waals surface area contributed by atoms with Crippen LogP contribution in [0.4, 0.5) is 0 Å². The topological polar surface area (TPSA) is 79.7 Å². The minimum Gasteiger partial charge on any atom is -0.335 e. The molecule has 3 fully saturated rings. The molecule has 2 saturated carbocycles. The molecule has 1 N–H and O–H groups in total. The number of likely N-dealkylation sites (tertiary alicyclic amines) is 1. The number of aryl methyl sites for hydroxylation is 1. The lowest BCUT2D eigenvalue weighted by Gasteiger charge is -2.28. The van der Waals surface area contributed by atoms with E-state index in [1.807, 2.05) is 18.1 Å². The fourth-order valence-corrected chi connectivity index (χ4v) is 4.77. The second kappa shape index (κ2) is 5.41. The second-order valence-electron chi connectivity index (χ2n) is 8.02. The average Bonchev–Trinajstić information content (AvgIpc) is 3.05. The van der Waals surface area contributed by atoms with Crippen molar-refractivity contribution in [2.45, 2.75) is 50.4 Å². The molecule has 1 spiro atoms. The Labute approximate surface area is 146 Å². The molecule has 1 amide bonds. The first-order valence-corrected chi connectivity index (χ1v) is 9.35. The Hall–Kier alpha value is -2.18. The van der Waals surface area contributed by atoms with Gasteiger partial charge < -0.3 is 9.47 Å². The number of imidazole rings is 1. The fourth-order valence-electron chi connectivity index (χ4n) is 4.77. The maximum absolute atomic E-state index is 13.0. The van der Waals surface area contributed by atoms with Crippen LogP contribution >= 0.6 is 0 Å². The zero-order valence-corrected chi connectivity index (χ0v) is 14.6. The molecule has 2 aromatic rings. The van der Waals surface area contributed by atoms with E-state index in [0.29, 0.717) is 18.3 Å². The predicted molar refractivity (Wildman–Crippen MR) is 91.1 cm³/mol. The Morgan fingerprint density at radius 1 is 1.32 bits per heavy atom. The highest BCUT2D eigenvalue weighted by molar-refractivity contribution is 5.91. The van der Waals surface area contributed by atoms with E-state index in [1.54, 1.807) is 10.8 Å². The Kier molecular flexibility index (Phi) is 3.27. The van der Waals surface area contributed by atoms with Crippen molar-refractivity contribution < 1.29 is 4.79 Å². The molecule has 2 aromatic heterocycles. The summed E-state index contributed by atoms with van der Waals surface area (Å²) in [5.74, 6) is 3.32. The van der Waals surface area contributed by atoms with Crippen LogP contribution in [-0.4, -0.2) is 48.6 Å². The van der Waals surface area contributed by atoms with Gasteiger partial charge in [-0.3, -0.25) is 9.89 Å². The van der Waals surface area contributed by atoms with Crippen molar-refractivity contribution in [2.24, 2.45) is 12.5 Å². The number of hydrogen-bond acceptors (Lipinski definition) is 4. The standard InChI is InChI=1S/C18H24N6O/c1-23-9-8-19-16(23)17(25)24-10-13(18(11-24)6-2-3-7-18)15-20-14(21-22-15)12-4-5-12/h8-9,12-13H,2-7,10-11H2,1H3,(H,20,21,22). The summed E-state index contributed by atoms with van der Waals surface area (Å²) in [4.78, 5) is 24.0. The molecule has 5 rings (SSSR count). The molecule has 2 aliphatic carbocycles. The van der Waals surface area contributed by atoms with Gasteiger partial charge in [-0.1, -0.05) is 12.8 Å². The van der Waals surface area contributed by atoms with Crippen molar-refractivity contribution in [1.82, 2.24) is 29.6 Å². The summed E-state index contributed by atoms with van der Waals surface area (Å²) in [6, 6.07) is 0. The van der Waals surface area contributed by atoms with Crippen LogP contribution in [0.25, 0.3) is 0 Å². The molecule has 1 atom stereocenters. The quantitative estimate of drug-likeness (QED) is 0.929. The molecule has 3 aliphatic rings. The van der Waals surface area contributed by atoms with E-state index in [2.05, 4.69) is 15.2 Å². The van der Waals surface area contributed by atoms with Gasteiger partial charge in [0.05, 0.1) is 0 Å². The molecule has 25 heavy (non-hydrogen) atoms. The maximum atomic E-state index is 13.0. The first kappa shape index (κ1) is 15.1. The van der Waals surface area contributed by atoms with Gasteiger partial charge in [-0.15, -0.1) is 0 Å². The number of nitrogens with zero attached hydrogens (tertiary/aromatic N) is 5. The Bertz CT molecular complexity index is 798. The normalized spacial score (nSPS) is 25.2. The number of aromatic nitrogens is 5. The Morgan fingerprint density at radius 2 is 2.12 bits per heavy atom. The number of hydrogen-bond donors (Lipinski definition) is 1. The van der Waals surface area contributed by atoms with Crippen molar-refractivity contribution in [3.63, 3.8) is 0 Å². The minimum atomic E-state index is 0.0307. The summed E-state index contributed by atoms with van der Waals surface area (Å²) in [5.41, 5.74) is 0.154. The first-order valence-electron chi connectivity index (χ1n) is 9.35. The zero-order valence-electron chi connectivity index (χ0n) is 14.6. The maximum Gasteiger partial charge on any atom is 0.289 e. The summed E-state index contributed by atoms with van der Waals surface area (Å²) in [5, 5.41) is 7.66. The van der Waals surface area contributed by atoms with E-state index in [0.717, 1.165) is 18.2 Å². The van der Waals surface area contributed by atoms with Crippen molar-refractivity contribution >= 4 is 5.91 Å². The third-order valence-corrected chi connectivity index (χ3v) is 6.34. The number of H-pyrrole nitrogens is 1. The average molecular weight is 340 g/mol. The molecular formula is C18H24N6O. The van der Waals surface area contributed by atoms with Crippen LogP contribution in [0.15, 0.2) is 12.4 Å². The summed E-state index contributed by atoms with van der Waals surface area (Å²) >= 11 is 0. The largest absolute Gasteiger partial charge is 0.335 e. The molecule has 1 aliphatic heterocycles. The van der Waals surface area contributed by atoms with Crippen molar-refractivity contribution in [3.05, 3.63) is 29.9 Å². The van der Waals surface area contributed by atoms with Gasteiger partial charge in [0.1, 0.15) is 5.82 Å². The van der Waals surface area contributed by atoms with Crippen LogP contribution in [0.2, 0.25) is 0 Å². The smallest absolute Gasteiger partial charge is 0.289 e. The van der Waals surface area contributed by atoms with Gasteiger partial charge in [-0.05, 0) is 31.1 Å². The summed E-state index contributed by atoms with van der Waals surface area (Å²) in [6.07, 6.45) is 10.7. The van der Waals surface area contributed by atoms with E-state index >= 15 is 0 Å². The number of amides is 1. The highest BCUT2D eigenvalue weighted by Crippen LogP contribution is 2.53. The lowest BCUT2D eigenvalue weighted by Crippen LogP contribution is -2.32. The highest BCUT2D eigenvalue weighted by Gasteiger charge is 2.51.